The summed E-state index contributed by atoms with van der Waals surface area (Å²) in [4.78, 5) is 0. The van der Waals surface area contributed by atoms with Gasteiger partial charge in [-0.25, -0.2) is 0 Å². The molecule has 2 aliphatic rings. The van der Waals surface area contributed by atoms with Crippen LogP contribution in [0.15, 0.2) is 34.9 Å². The van der Waals surface area contributed by atoms with Crippen LogP contribution in [0, 0.1) is 17.3 Å². The maximum absolute atomic E-state index is 2.61. The first-order valence-corrected chi connectivity index (χ1v) is 8.40. The van der Waals surface area contributed by atoms with Gasteiger partial charge in [0.1, 0.15) is 0 Å². The van der Waals surface area contributed by atoms with Gasteiger partial charge in [0.25, 0.3) is 0 Å². The first-order chi connectivity index (χ1) is 9.43. The predicted octanol–water partition coefficient (Wildman–Crippen LogP) is 6.45. The van der Waals surface area contributed by atoms with Crippen LogP contribution >= 0.6 is 0 Å². The number of fused-ring (bicyclic) bond motifs is 1. The number of hydrogen-bond donors (Lipinski definition) is 0. The first-order valence-electron chi connectivity index (χ1n) is 8.40. The fraction of sp³-hybridized carbons (Fsp3) is 0.700. The Bertz CT molecular complexity index is 431. The van der Waals surface area contributed by atoms with E-state index in [0.29, 0.717) is 5.41 Å². The summed E-state index contributed by atoms with van der Waals surface area (Å²) in [5.41, 5.74) is 5.25. The third-order valence-corrected chi connectivity index (χ3v) is 5.51. The third-order valence-electron chi connectivity index (χ3n) is 5.51. The van der Waals surface area contributed by atoms with Gasteiger partial charge in [-0.15, -0.1) is 0 Å². The van der Waals surface area contributed by atoms with Crippen molar-refractivity contribution in [2.45, 2.75) is 73.1 Å². The molecule has 20 heavy (non-hydrogen) atoms. The van der Waals surface area contributed by atoms with E-state index in [1.165, 1.54) is 44.1 Å². The normalized spacial score (nSPS) is 33.6. The van der Waals surface area contributed by atoms with Gasteiger partial charge in [-0.2, -0.15) is 0 Å². The monoisotopic (exact) mass is 272 g/mol. The molecule has 0 amide bonds. The van der Waals surface area contributed by atoms with Crippen molar-refractivity contribution < 1.29 is 0 Å². The average Bonchev–Trinajstić information content (AvgIpc) is 2.90. The molecule has 0 heterocycles. The van der Waals surface area contributed by atoms with Crippen LogP contribution in [0.1, 0.15) is 73.1 Å². The topological polar surface area (TPSA) is 0 Å². The van der Waals surface area contributed by atoms with Crippen LogP contribution in [0.2, 0.25) is 0 Å². The molecular weight excluding hydrogens is 240 g/mol. The largest absolute Gasteiger partial charge is 0.0859 e. The predicted molar refractivity (Wildman–Crippen MR) is 89.7 cm³/mol. The molecule has 0 aromatic carbocycles. The second kappa shape index (κ2) is 6.33. The molecule has 0 aliphatic heterocycles. The Balaban J connectivity index is 2.06. The molecule has 0 radical (unpaired) electrons. The minimum Gasteiger partial charge on any atom is -0.0859 e. The Morgan fingerprint density at radius 2 is 2.00 bits per heavy atom. The molecule has 2 aliphatic carbocycles. The molecule has 0 spiro atoms. The summed E-state index contributed by atoms with van der Waals surface area (Å²) >= 11 is 0. The van der Waals surface area contributed by atoms with Crippen molar-refractivity contribution in [3.05, 3.63) is 34.9 Å². The van der Waals surface area contributed by atoms with E-state index in [0.717, 1.165) is 11.8 Å². The van der Waals surface area contributed by atoms with Gasteiger partial charge in [0.05, 0.1) is 0 Å². The minimum atomic E-state index is 0.567. The summed E-state index contributed by atoms with van der Waals surface area (Å²) in [5.74, 6) is 1.77. The molecule has 0 aromatic heterocycles. The summed E-state index contributed by atoms with van der Waals surface area (Å²) in [6.07, 6.45) is 15.3. The average molecular weight is 272 g/mol. The van der Waals surface area contributed by atoms with Crippen LogP contribution in [-0.4, -0.2) is 0 Å². The molecule has 0 heteroatoms. The molecular formula is C20H32. The van der Waals surface area contributed by atoms with Crippen molar-refractivity contribution in [3.8, 4) is 0 Å². The first kappa shape index (κ1) is 15.6. The van der Waals surface area contributed by atoms with Gasteiger partial charge in [0, 0.05) is 0 Å². The standard InChI is InChI=1S/C20H32/c1-15(2)8-7-13-20(5)18-12-11-16(3)9-6-10-17(4)14-19(18)20/h8-9,14,18-19H,6-7,10-13H2,1-5H3/t18-,19+,20+/m0/s1. The summed E-state index contributed by atoms with van der Waals surface area (Å²) in [5, 5.41) is 0. The second-order valence-electron chi connectivity index (χ2n) is 7.60. The van der Waals surface area contributed by atoms with E-state index in [2.05, 4.69) is 52.8 Å². The van der Waals surface area contributed by atoms with E-state index in [-0.39, 0.29) is 0 Å². The summed E-state index contributed by atoms with van der Waals surface area (Å²) in [7, 11) is 0. The smallest absolute Gasteiger partial charge is 0.0140 e. The Hall–Kier alpha value is -0.780. The Labute approximate surface area is 126 Å². The highest BCUT2D eigenvalue weighted by atomic mass is 14.6. The molecule has 1 saturated carbocycles. The maximum Gasteiger partial charge on any atom is -0.0140 e. The van der Waals surface area contributed by atoms with E-state index in [1.54, 1.807) is 11.1 Å². The molecule has 0 bridgehead atoms. The van der Waals surface area contributed by atoms with Gasteiger partial charge in [0.15, 0.2) is 0 Å². The maximum atomic E-state index is 2.61. The summed E-state index contributed by atoms with van der Waals surface area (Å²) in [6.45, 7) is 11.6. The molecule has 3 atom stereocenters. The van der Waals surface area contributed by atoms with Crippen LogP contribution < -0.4 is 0 Å². The van der Waals surface area contributed by atoms with Crippen molar-refractivity contribution in [2.75, 3.05) is 0 Å². The Morgan fingerprint density at radius 1 is 1.25 bits per heavy atom. The lowest BCUT2D eigenvalue weighted by atomic mass is 9.95. The SMILES string of the molecule is CC(C)=CCC[C@@]1(C)[C@@H]2C=C(C)CCC=C(C)CC[C@@H]21. The lowest BCUT2D eigenvalue weighted by Gasteiger charge is -2.10. The van der Waals surface area contributed by atoms with Gasteiger partial charge < -0.3 is 0 Å². The van der Waals surface area contributed by atoms with Crippen molar-refractivity contribution >= 4 is 0 Å². The molecule has 2 rings (SSSR count). The number of rotatable bonds is 3. The zero-order valence-corrected chi connectivity index (χ0v) is 14.1. The zero-order valence-electron chi connectivity index (χ0n) is 14.1. The van der Waals surface area contributed by atoms with E-state index < -0.39 is 0 Å². The lowest BCUT2D eigenvalue weighted by molar-refractivity contribution is 0.443. The van der Waals surface area contributed by atoms with Crippen LogP contribution in [0.25, 0.3) is 0 Å². The molecule has 0 N–H and O–H groups in total. The van der Waals surface area contributed by atoms with Crippen LogP contribution in [0.3, 0.4) is 0 Å². The third kappa shape index (κ3) is 3.65. The van der Waals surface area contributed by atoms with Gasteiger partial charge in [-0.3, -0.25) is 0 Å². The van der Waals surface area contributed by atoms with Crippen molar-refractivity contribution in [1.82, 2.24) is 0 Å². The molecule has 0 aromatic rings. The summed E-state index contributed by atoms with van der Waals surface area (Å²) < 4.78 is 0. The van der Waals surface area contributed by atoms with E-state index in [1.807, 2.05) is 0 Å². The molecule has 112 valence electrons. The summed E-state index contributed by atoms with van der Waals surface area (Å²) in [6, 6.07) is 0. The molecule has 1 fully saturated rings. The Morgan fingerprint density at radius 3 is 2.70 bits per heavy atom. The quantitative estimate of drug-likeness (QED) is 0.518. The van der Waals surface area contributed by atoms with Crippen molar-refractivity contribution in [2.24, 2.45) is 17.3 Å². The Kier molecular flexibility index (Phi) is 4.94. The van der Waals surface area contributed by atoms with Gasteiger partial charge in [-0.1, -0.05) is 41.9 Å². The van der Waals surface area contributed by atoms with Gasteiger partial charge in [0.2, 0.25) is 0 Å². The van der Waals surface area contributed by atoms with Crippen molar-refractivity contribution in [3.63, 3.8) is 0 Å². The molecule has 0 nitrogen and oxygen atoms in total. The minimum absolute atomic E-state index is 0.567. The zero-order chi connectivity index (χ0) is 14.8. The second-order valence-corrected chi connectivity index (χ2v) is 7.60. The van der Waals surface area contributed by atoms with Gasteiger partial charge >= 0.3 is 0 Å². The van der Waals surface area contributed by atoms with Crippen molar-refractivity contribution in [1.29, 1.82) is 0 Å². The highest BCUT2D eigenvalue weighted by Crippen LogP contribution is 2.64. The van der Waals surface area contributed by atoms with Crippen LogP contribution in [-0.2, 0) is 0 Å². The number of allylic oxidation sites excluding steroid dienone is 6. The van der Waals surface area contributed by atoms with Crippen LogP contribution in [0.4, 0.5) is 0 Å². The van der Waals surface area contributed by atoms with Gasteiger partial charge in [-0.05, 0) is 83.5 Å². The fourth-order valence-corrected chi connectivity index (χ4v) is 3.96. The van der Waals surface area contributed by atoms with E-state index in [4.69, 9.17) is 0 Å². The number of hydrogen-bond acceptors (Lipinski definition) is 0. The highest BCUT2D eigenvalue weighted by molar-refractivity contribution is 5.21. The molecule has 0 saturated heterocycles. The van der Waals surface area contributed by atoms with Crippen LogP contribution in [0.5, 0.6) is 0 Å². The van der Waals surface area contributed by atoms with E-state index >= 15 is 0 Å². The fourth-order valence-electron chi connectivity index (χ4n) is 3.96. The van der Waals surface area contributed by atoms with E-state index in [9.17, 15) is 0 Å². The highest BCUT2D eigenvalue weighted by Gasteiger charge is 2.57. The lowest BCUT2D eigenvalue weighted by Crippen LogP contribution is -1.99. The molecule has 0 unspecified atom stereocenters.